The fourth-order valence-electron chi connectivity index (χ4n) is 2.51. The number of ether oxygens (including phenoxy) is 1. The summed E-state index contributed by atoms with van der Waals surface area (Å²) in [7, 11) is 1.81. The van der Waals surface area contributed by atoms with Crippen molar-refractivity contribution in [3.05, 3.63) is 66.2 Å². The molecule has 0 bridgehead atoms. The van der Waals surface area contributed by atoms with Gasteiger partial charge < -0.3 is 10.1 Å². The Kier molecular flexibility index (Phi) is 5.18. The molecule has 122 valence electrons. The van der Waals surface area contributed by atoms with Crippen LogP contribution in [0.15, 0.2) is 60.7 Å². The minimum Gasteiger partial charge on any atom is -0.435 e. The molecule has 1 heterocycles. The Morgan fingerprint density at radius 1 is 0.917 bits per heavy atom. The van der Waals surface area contributed by atoms with E-state index < -0.39 is 0 Å². The SMILES string of the molecule is C[OH+]CCNc1nnc(-c2ccc(C)cc2)cc1-c1ccccc1. The summed E-state index contributed by atoms with van der Waals surface area (Å²) in [5.74, 6) is 0.792. The van der Waals surface area contributed by atoms with Gasteiger partial charge >= 0.3 is 0 Å². The molecule has 4 nitrogen and oxygen atoms in total. The molecular weight excluding hydrogens is 298 g/mol. The van der Waals surface area contributed by atoms with Gasteiger partial charge in [0, 0.05) is 11.1 Å². The Hall–Kier alpha value is -2.72. The minimum absolute atomic E-state index is 0.745. The molecule has 24 heavy (non-hydrogen) atoms. The molecular formula is C20H22N3O+. The molecule has 0 atom stereocenters. The van der Waals surface area contributed by atoms with Crippen LogP contribution in [0.3, 0.4) is 0 Å². The molecule has 0 aliphatic heterocycles. The van der Waals surface area contributed by atoms with Crippen LogP contribution in [-0.2, 0) is 0 Å². The van der Waals surface area contributed by atoms with Crippen molar-refractivity contribution < 1.29 is 4.74 Å². The third-order valence-corrected chi connectivity index (χ3v) is 3.85. The highest BCUT2D eigenvalue weighted by Crippen LogP contribution is 2.29. The number of aromatic nitrogens is 2. The molecule has 0 aliphatic carbocycles. The van der Waals surface area contributed by atoms with Crippen molar-refractivity contribution in [2.24, 2.45) is 0 Å². The number of aliphatic hydroxyl groups is 2. The second kappa shape index (κ2) is 7.70. The van der Waals surface area contributed by atoms with E-state index in [1.165, 1.54) is 5.56 Å². The highest BCUT2D eigenvalue weighted by Gasteiger charge is 2.10. The Morgan fingerprint density at radius 2 is 1.67 bits per heavy atom. The largest absolute Gasteiger partial charge is 0.435 e. The lowest BCUT2D eigenvalue weighted by Crippen LogP contribution is -2.12. The van der Waals surface area contributed by atoms with E-state index in [4.69, 9.17) is 0 Å². The first-order valence-corrected chi connectivity index (χ1v) is 8.07. The van der Waals surface area contributed by atoms with Crippen molar-refractivity contribution in [2.75, 3.05) is 25.6 Å². The van der Waals surface area contributed by atoms with Gasteiger partial charge in [0.15, 0.2) is 12.4 Å². The van der Waals surface area contributed by atoms with E-state index in [9.17, 15) is 0 Å². The van der Waals surface area contributed by atoms with Crippen LogP contribution in [0.5, 0.6) is 0 Å². The Bertz CT molecular complexity index is 786. The first-order chi connectivity index (χ1) is 11.8. The van der Waals surface area contributed by atoms with Crippen molar-refractivity contribution >= 4 is 5.82 Å². The zero-order chi connectivity index (χ0) is 16.8. The first kappa shape index (κ1) is 16.1. The summed E-state index contributed by atoms with van der Waals surface area (Å²) >= 11 is 0. The van der Waals surface area contributed by atoms with E-state index in [0.717, 1.165) is 41.4 Å². The molecule has 0 radical (unpaired) electrons. The average Bonchev–Trinajstić information content (AvgIpc) is 2.63. The molecule has 0 saturated carbocycles. The average molecular weight is 320 g/mol. The van der Waals surface area contributed by atoms with E-state index in [-0.39, 0.29) is 0 Å². The van der Waals surface area contributed by atoms with Crippen LogP contribution >= 0.6 is 0 Å². The summed E-state index contributed by atoms with van der Waals surface area (Å²) in [6.45, 7) is 3.57. The fourth-order valence-corrected chi connectivity index (χ4v) is 2.51. The van der Waals surface area contributed by atoms with E-state index >= 15 is 0 Å². The van der Waals surface area contributed by atoms with Gasteiger partial charge in [-0.25, -0.2) is 0 Å². The molecule has 0 aliphatic rings. The number of rotatable bonds is 6. The molecule has 1 aromatic heterocycles. The number of anilines is 1. The summed E-state index contributed by atoms with van der Waals surface area (Å²) in [6.07, 6.45) is 0. The van der Waals surface area contributed by atoms with Crippen LogP contribution < -0.4 is 5.32 Å². The van der Waals surface area contributed by atoms with Crippen LogP contribution in [0.4, 0.5) is 5.82 Å². The molecule has 0 amide bonds. The maximum atomic E-state index is 4.42. The lowest BCUT2D eigenvalue weighted by Gasteiger charge is -2.11. The lowest BCUT2D eigenvalue weighted by molar-refractivity contribution is 0.0240. The van der Waals surface area contributed by atoms with Gasteiger partial charge in [0.05, 0.1) is 12.2 Å². The number of nitrogens with one attached hydrogen (secondary N) is 1. The Morgan fingerprint density at radius 3 is 2.38 bits per heavy atom. The minimum atomic E-state index is 0.745. The summed E-state index contributed by atoms with van der Waals surface area (Å²) in [6, 6.07) is 20.7. The third kappa shape index (κ3) is 3.78. The molecule has 0 spiro atoms. The van der Waals surface area contributed by atoms with Crippen LogP contribution in [-0.4, -0.2) is 35.2 Å². The first-order valence-electron chi connectivity index (χ1n) is 8.07. The van der Waals surface area contributed by atoms with Crippen LogP contribution in [0, 0.1) is 6.92 Å². The molecule has 2 aromatic carbocycles. The van der Waals surface area contributed by atoms with E-state index in [0.29, 0.717) is 0 Å². The standard InChI is InChI=1S/C20H21N3O/c1-15-8-10-17(11-9-15)19-14-18(16-6-4-3-5-7-16)20(23-22-19)21-12-13-24-2/h3-11,14H,12-13H2,1-2H3,(H,21,23)/p+1. The molecule has 3 rings (SSSR count). The van der Waals surface area contributed by atoms with Gasteiger partial charge in [-0.2, -0.15) is 0 Å². The van der Waals surface area contributed by atoms with Crippen molar-refractivity contribution in [1.29, 1.82) is 0 Å². The van der Waals surface area contributed by atoms with Crippen molar-refractivity contribution in [3.8, 4) is 22.4 Å². The van der Waals surface area contributed by atoms with Crippen molar-refractivity contribution in [3.63, 3.8) is 0 Å². The van der Waals surface area contributed by atoms with Crippen LogP contribution in [0.2, 0.25) is 0 Å². The Labute approximate surface area is 142 Å². The highest BCUT2D eigenvalue weighted by atomic mass is 16.5. The van der Waals surface area contributed by atoms with Crippen molar-refractivity contribution in [1.82, 2.24) is 10.2 Å². The van der Waals surface area contributed by atoms with Gasteiger partial charge in [-0.15, -0.1) is 10.2 Å². The van der Waals surface area contributed by atoms with E-state index in [1.54, 1.807) is 0 Å². The molecule has 0 saturated heterocycles. The van der Waals surface area contributed by atoms with Crippen LogP contribution in [0.25, 0.3) is 22.4 Å². The highest BCUT2D eigenvalue weighted by molar-refractivity contribution is 5.78. The summed E-state index contributed by atoms with van der Waals surface area (Å²) in [5.41, 5.74) is 5.35. The maximum absolute atomic E-state index is 4.42. The number of nitrogens with zero attached hydrogens (tertiary/aromatic N) is 2. The number of benzene rings is 2. The summed E-state index contributed by atoms with van der Waals surface area (Å²) in [4.78, 5) is 0. The zero-order valence-corrected chi connectivity index (χ0v) is 14.0. The summed E-state index contributed by atoms with van der Waals surface area (Å²) < 4.78 is 4.12. The number of aryl methyl sites for hydroxylation is 1. The second-order valence-electron chi connectivity index (χ2n) is 5.69. The number of hydrogen-bond donors (Lipinski definition) is 1. The smallest absolute Gasteiger partial charge is 0.162 e. The van der Waals surface area contributed by atoms with Crippen molar-refractivity contribution in [2.45, 2.75) is 6.92 Å². The van der Waals surface area contributed by atoms with Gasteiger partial charge in [-0.05, 0) is 18.6 Å². The van der Waals surface area contributed by atoms with Gasteiger partial charge in [-0.1, -0.05) is 60.2 Å². The second-order valence-corrected chi connectivity index (χ2v) is 5.69. The van der Waals surface area contributed by atoms with Crippen LogP contribution in [0.1, 0.15) is 5.56 Å². The molecule has 4 heteroatoms. The lowest BCUT2D eigenvalue weighted by atomic mass is 10.0. The fraction of sp³-hybridized carbons (Fsp3) is 0.200. The predicted molar refractivity (Wildman–Crippen MR) is 99.1 cm³/mol. The Balaban J connectivity index is 2.00. The topological polar surface area (TPSA) is 50.6 Å². The maximum Gasteiger partial charge on any atom is 0.162 e. The molecule has 2 N–H and O–H groups in total. The van der Waals surface area contributed by atoms with E-state index in [2.05, 4.69) is 69.6 Å². The number of hydrogen-bond acceptors (Lipinski definition) is 3. The predicted octanol–water partition coefficient (Wildman–Crippen LogP) is 3.69. The zero-order valence-electron chi connectivity index (χ0n) is 14.0. The van der Waals surface area contributed by atoms with Gasteiger partial charge in [0.2, 0.25) is 0 Å². The van der Waals surface area contributed by atoms with E-state index in [1.807, 2.05) is 25.3 Å². The third-order valence-electron chi connectivity index (χ3n) is 3.85. The monoisotopic (exact) mass is 320 g/mol. The molecule has 0 unspecified atom stereocenters. The summed E-state index contributed by atoms with van der Waals surface area (Å²) in [5, 5.41) is 12.2. The quantitative estimate of drug-likeness (QED) is 0.557. The molecule has 3 aromatic rings. The van der Waals surface area contributed by atoms with Gasteiger partial charge in [-0.3, -0.25) is 0 Å². The van der Waals surface area contributed by atoms with Gasteiger partial charge in [0.25, 0.3) is 0 Å². The molecule has 0 fully saturated rings. The van der Waals surface area contributed by atoms with Gasteiger partial charge in [0.1, 0.15) is 7.11 Å². The normalized spacial score (nSPS) is 10.6.